The fraction of sp³-hybridized carbons (Fsp3) is 0.500. The molecule has 0 fully saturated rings. The van der Waals surface area contributed by atoms with E-state index in [0.717, 1.165) is 11.3 Å². The molecule has 0 saturated carbocycles. The van der Waals surface area contributed by atoms with Gasteiger partial charge in [-0.3, -0.25) is 14.8 Å². The summed E-state index contributed by atoms with van der Waals surface area (Å²) in [7, 11) is 0. The fourth-order valence-corrected chi connectivity index (χ4v) is 1.64. The van der Waals surface area contributed by atoms with Crippen molar-refractivity contribution in [2.45, 2.75) is 33.1 Å². The molecule has 1 aliphatic rings. The number of carbonyl (C=O) groups excluding carboxylic acids is 1. The number of hydrogen-bond acceptors (Lipinski definition) is 2. The van der Waals surface area contributed by atoms with E-state index in [-0.39, 0.29) is 11.3 Å². The molecule has 0 radical (unpaired) electrons. The molecule has 0 saturated heterocycles. The second-order valence-corrected chi connectivity index (χ2v) is 5.19. The van der Waals surface area contributed by atoms with Crippen molar-refractivity contribution in [3.63, 3.8) is 0 Å². The van der Waals surface area contributed by atoms with E-state index >= 15 is 0 Å². The van der Waals surface area contributed by atoms with Crippen LogP contribution in [-0.4, -0.2) is 22.6 Å². The fourth-order valence-electron chi connectivity index (χ4n) is 1.64. The van der Waals surface area contributed by atoms with Crippen molar-refractivity contribution in [2.75, 3.05) is 11.4 Å². The van der Waals surface area contributed by atoms with Gasteiger partial charge in [-0.25, -0.2) is 0 Å². The summed E-state index contributed by atoms with van der Waals surface area (Å²) in [5.74, 6) is 0.759. The zero-order chi connectivity index (χ0) is 11.9. The Kier molecular flexibility index (Phi) is 2.37. The van der Waals surface area contributed by atoms with E-state index in [9.17, 15) is 4.79 Å². The van der Waals surface area contributed by atoms with Crippen LogP contribution in [0.2, 0.25) is 0 Å². The number of nitrogens with zero attached hydrogens (tertiary/aromatic N) is 2. The molecule has 0 unspecified atom stereocenters. The molecule has 4 heteroatoms. The maximum atomic E-state index is 11.8. The number of aromatic amines is 1. The van der Waals surface area contributed by atoms with Crippen LogP contribution in [0.3, 0.4) is 0 Å². The molecule has 1 N–H and O–H groups in total. The Bertz CT molecular complexity index is 451. The van der Waals surface area contributed by atoms with Crippen LogP contribution >= 0.6 is 0 Å². The van der Waals surface area contributed by atoms with Crippen LogP contribution in [0.4, 0.5) is 5.82 Å². The molecule has 2 rings (SSSR count). The zero-order valence-electron chi connectivity index (χ0n) is 10.2. The van der Waals surface area contributed by atoms with Gasteiger partial charge >= 0.3 is 0 Å². The third-order valence-corrected chi connectivity index (χ3v) is 2.81. The maximum absolute atomic E-state index is 11.8. The third kappa shape index (κ3) is 1.75. The van der Waals surface area contributed by atoms with Crippen LogP contribution in [0.5, 0.6) is 0 Å². The lowest BCUT2D eigenvalue weighted by Crippen LogP contribution is -2.26. The Morgan fingerprint density at radius 2 is 2.12 bits per heavy atom. The number of hydrogen-bond donors (Lipinski definition) is 1. The number of carbonyl (C=O) groups is 1. The van der Waals surface area contributed by atoms with Crippen molar-refractivity contribution >= 4 is 11.7 Å². The lowest BCUT2D eigenvalue weighted by atomic mass is 9.92. The van der Waals surface area contributed by atoms with Gasteiger partial charge in [0.2, 0.25) is 0 Å². The molecule has 86 valence electrons. The highest BCUT2D eigenvalue weighted by atomic mass is 16.2. The number of rotatable bonds is 1. The molecule has 0 atom stereocenters. The minimum Gasteiger partial charge on any atom is -0.288 e. The van der Waals surface area contributed by atoms with Gasteiger partial charge in [0.25, 0.3) is 5.91 Å². The molecular weight excluding hydrogens is 202 g/mol. The summed E-state index contributed by atoms with van der Waals surface area (Å²) < 4.78 is 0. The Morgan fingerprint density at radius 3 is 2.56 bits per heavy atom. The van der Waals surface area contributed by atoms with Gasteiger partial charge in [-0.05, 0) is 6.92 Å². The first kappa shape index (κ1) is 10.9. The van der Waals surface area contributed by atoms with E-state index in [1.807, 2.05) is 19.1 Å². The van der Waals surface area contributed by atoms with E-state index in [2.05, 4.69) is 31.0 Å². The third-order valence-electron chi connectivity index (χ3n) is 2.81. The van der Waals surface area contributed by atoms with E-state index in [4.69, 9.17) is 0 Å². The van der Waals surface area contributed by atoms with Crippen molar-refractivity contribution in [1.82, 2.24) is 10.2 Å². The summed E-state index contributed by atoms with van der Waals surface area (Å²) in [6, 6.07) is 1.95. The predicted molar refractivity (Wildman–Crippen MR) is 63.4 cm³/mol. The first-order valence-corrected chi connectivity index (χ1v) is 5.44. The van der Waals surface area contributed by atoms with Crippen molar-refractivity contribution < 1.29 is 4.79 Å². The van der Waals surface area contributed by atoms with Crippen LogP contribution in [0.1, 0.15) is 33.4 Å². The average molecular weight is 219 g/mol. The molecule has 1 aromatic heterocycles. The number of H-pyrrole nitrogens is 1. The summed E-state index contributed by atoms with van der Waals surface area (Å²) in [6.07, 6.45) is 1.92. The van der Waals surface area contributed by atoms with E-state index < -0.39 is 0 Å². The first-order valence-electron chi connectivity index (χ1n) is 5.44. The molecule has 0 aliphatic carbocycles. The molecule has 2 heterocycles. The molecule has 0 bridgehead atoms. The largest absolute Gasteiger partial charge is 0.288 e. The normalized spacial score (nSPS) is 16.9. The van der Waals surface area contributed by atoms with Crippen LogP contribution < -0.4 is 4.90 Å². The van der Waals surface area contributed by atoms with Gasteiger partial charge in [0.05, 0.1) is 0 Å². The smallest absolute Gasteiger partial charge is 0.255 e. The highest BCUT2D eigenvalue weighted by Gasteiger charge is 2.25. The minimum absolute atomic E-state index is 0.0243. The number of aromatic nitrogens is 2. The van der Waals surface area contributed by atoms with Gasteiger partial charge in [-0.2, -0.15) is 5.10 Å². The summed E-state index contributed by atoms with van der Waals surface area (Å²) >= 11 is 0. The summed E-state index contributed by atoms with van der Waals surface area (Å²) in [6.45, 7) is 8.79. The molecule has 1 aliphatic heterocycles. The monoisotopic (exact) mass is 219 g/mol. The van der Waals surface area contributed by atoms with E-state index in [1.165, 1.54) is 0 Å². The summed E-state index contributed by atoms with van der Waals surface area (Å²) in [5.41, 5.74) is 1.86. The Labute approximate surface area is 95.3 Å². The van der Waals surface area contributed by atoms with Crippen molar-refractivity contribution in [3.8, 4) is 0 Å². The Hall–Kier alpha value is -1.58. The minimum atomic E-state index is 0.0243. The van der Waals surface area contributed by atoms with E-state index in [1.54, 1.807) is 4.90 Å². The van der Waals surface area contributed by atoms with Gasteiger partial charge in [0, 0.05) is 29.3 Å². The molecule has 0 aromatic carbocycles. The van der Waals surface area contributed by atoms with Crippen LogP contribution in [0, 0.1) is 0 Å². The average Bonchev–Trinajstić information content (AvgIpc) is 2.74. The van der Waals surface area contributed by atoms with E-state index in [0.29, 0.717) is 12.4 Å². The first-order chi connectivity index (χ1) is 7.39. The topological polar surface area (TPSA) is 49.0 Å². The maximum Gasteiger partial charge on any atom is 0.255 e. The summed E-state index contributed by atoms with van der Waals surface area (Å²) in [4.78, 5) is 13.5. The highest BCUT2D eigenvalue weighted by molar-refractivity contribution is 6.07. The van der Waals surface area contributed by atoms with Crippen molar-refractivity contribution in [1.29, 1.82) is 0 Å². The molecule has 1 amide bonds. The molecular formula is C12H17N3O. The molecule has 1 aromatic rings. The zero-order valence-corrected chi connectivity index (χ0v) is 10.2. The number of amides is 1. The predicted octanol–water partition coefficient (Wildman–Crippen LogP) is 2.00. The lowest BCUT2D eigenvalue weighted by Gasteiger charge is -2.15. The van der Waals surface area contributed by atoms with Crippen LogP contribution in [-0.2, 0) is 10.2 Å². The number of anilines is 1. The number of nitrogens with one attached hydrogen (secondary N) is 1. The second kappa shape index (κ2) is 3.47. The molecule has 0 spiro atoms. The standard InChI is InChI=1S/C12H17N3O/c1-8-5-6-15(11(8)16)10-7-9(13-14-10)12(2,3)4/h5,7H,6H2,1-4H3,(H,13,14). The lowest BCUT2D eigenvalue weighted by molar-refractivity contribution is -0.114. The van der Waals surface area contributed by atoms with Crippen molar-refractivity contribution in [3.05, 3.63) is 23.4 Å². The van der Waals surface area contributed by atoms with Crippen LogP contribution in [0.25, 0.3) is 0 Å². The molecule has 4 nitrogen and oxygen atoms in total. The van der Waals surface area contributed by atoms with Crippen LogP contribution in [0.15, 0.2) is 17.7 Å². The quantitative estimate of drug-likeness (QED) is 0.785. The van der Waals surface area contributed by atoms with Gasteiger partial charge in [-0.1, -0.05) is 26.8 Å². The van der Waals surface area contributed by atoms with Crippen molar-refractivity contribution in [2.24, 2.45) is 0 Å². The summed E-state index contributed by atoms with van der Waals surface area (Å²) in [5, 5.41) is 7.19. The molecule has 16 heavy (non-hydrogen) atoms. The van der Waals surface area contributed by atoms with Gasteiger partial charge in [-0.15, -0.1) is 0 Å². The second-order valence-electron chi connectivity index (χ2n) is 5.19. The Balaban J connectivity index is 2.25. The Morgan fingerprint density at radius 1 is 1.44 bits per heavy atom. The SMILES string of the molecule is CC1=CCN(c2cc(C(C)(C)C)[nH]n2)C1=O. The van der Waals surface area contributed by atoms with Gasteiger partial charge in [0.15, 0.2) is 5.82 Å². The highest BCUT2D eigenvalue weighted by Crippen LogP contribution is 2.25. The van der Waals surface area contributed by atoms with Gasteiger partial charge in [0.1, 0.15) is 0 Å². The van der Waals surface area contributed by atoms with Gasteiger partial charge < -0.3 is 0 Å².